The Labute approximate surface area is 147 Å². The van der Waals surface area contributed by atoms with Gasteiger partial charge in [-0.2, -0.15) is 4.98 Å². The quantitative estimate of drug-likeness (QED) is 0.775. The average molecular weight is 348 g/mol. The van der Waals surface area contributed by atoms with Gasteiger partial charge in [0.05, 0.1) is 6.04 Å². The van der Waals surface area contributed by atoms with Crippen LogP contribution < -0.4 is 5.32 Å². The maximum absolute atomic E-state index is 13.0. The molecule has 1 aromatic carbocycles. The molecule has 0 radical (unpaired) electrons. The summed E-state index contributed by atoms with van der Waals surface area (Å²) in [7, 11) is 1.72. The van der Waals surface area contributed by atoms with Crippen LogP contribution in [0.3, 0.4) is 0 Å². The molecule has 0 aliphatic carbocycles. The first-order valence-corrected chi connectivity index (χ1v) is 8.47. The lowest BCUT2D eigenvalue weighted by atomic mass is 10.1. The van der Waals surface area contributed by atoms with E-state index in [2.05, 4.69) is 15.5 Å². The summed E-state index contributed by atoms with van der Waals surface area (Å²) in [6.45, 7) is 6.43. The molecule has 0 spiro atoms. The molecule has 0 aliphatic rings. The number of halogens is 1. The number of benzene rings is 1. The standard InChI is InChI=1S/C18H25FN4O2/c1-12(2)17-21-16(25-22-17)6-5-11-20-18(24)23(4)13(3)14-7-9-15(19)10-8-14/h7-10,12-13H,5-6,11H2,1-4H3,(H,20,24). The van der Waals surface area contributed by atoms with Crippen LogP contribution in [0.1, 0.15) is 56.4 Å². The first-order chi connectivity index (χ1) is 11.9. The monoisotopic (exact) mass is 348 g/mol. The normalized spacial score (nSPS) is 12.2. The molecule has 25 heavy (non-hydrogen) atoms. The number of hydrogen-bond donors (Lipinski definition) is 1. The van der Waals surface area contributed by atoms with E-state index in [0.717, 1.165) is 5.56 Å². The van der Waals surface area contributed by atoms with E-state index in [4.69, 9.17) is 4.52 Å². The van der Waals surface area contributed by atoms with E-state index in [0.29, 0.717) is 31.1 Å². The predicted molar refractivity (Wildman–Crippen MR) is 92.7 cm³/mol. The van der Waals surface area contributed by atoms with E-state index < -0.39 is 0 Å². The van der Waals surface area contributed by atoms with Crippen LogP contribution in [0.5, 0.6) is 0 Å². The van der Waals surface area contributed by atoms with Crippen LogP contribution in [-0.2, 0) is 6.42 Å². The van der Waals surface area contributed by atoms with Gasteiger partial charge in [0.25, 0.3) is 0 Å². The summed E-state index contributed by atoms with van der Waals surface area (Å²) in [5.41, 5.74) is 0.881. The van der Waals surface area contributed by atoms with Crippen LogP contribution in [0.2, 0.25) is 0 Å². The summed E-state index contributed by atoms with van der Waals surface area (Å²) >= 11 is 0. The Hall–Kier alpha value is -2.44. The fourth-order valence-electron chi connectivity index (χ4n) is 2.30. The minimum atomic E-state index is -0.287. The highest BCUT2D eigenvalue weighted by Crippen LogP contribution is 2.19. The minimum Gasteiger partial charge on any atom is -0.339 e. The van der Waals surface area contributed by atoms with Crippen LogP contribution in [-0.4, -0.2) is 34.7 Å². The number of hydrogen-bond acceptors (Lipinski definition) is 4. The van der Waals surface area contributed by atoms with Crippen molar-refractivity contribution in [3.63, 3.8) is 0 Å². The zero-order valence-electron chi connectivity index (χ0n) is 15.1. The van der Waals surface area contributed by atoms with Crippen molar-refractivity contribution in [2.75, 3.05) is 13.6 Å². The van der Waals surface area contributed by atoms with Gasteiger partial charge in [-0.05, 0) is 31.0 Å². The van der Waals surface area contributed by atoms with Gasteiger partial charge in [0.15, 0.2) is 5.82 Å². The fraction of sp³-hybridized carbons (Fsp3) is 0.500. The second-order valence-corrected chi connectivity index (χ2v) is 6.37. The first-order valence-electron chi connectivity index (χ1n) is 8.47. The minimum absolute atomic E-state index is 0.148. The molecule has 136 valence electrons. The third-order valence-electron chi connectivity index (χ3n) is 4.10. The highest BCUT2D eigenvalue weighted by Gasteiger charge is 2.17. The van der Waals surface area contributed by atoms with Crippen molar-refractivity contribution in [3.05, 3.63) is 47.4 Å². The Bertz CT molecular complexity index is 685. The number of nitrogens with zero attached hydrogens (tertiary/aromatic N) is 3. The van der Waals surface area contributed by atoms with Gasteiger partial charge in [-0.15, -0.1) is 0 Å². The van der Waals surface area contributed by atoms with Gasteiger partial charge in [-0.25, -0.2) is 9.18 Å². The summed E-state index contributed by atoms with van der Waals surface area (Å²) in [5.74, 6) is 1.24. The van der Waals surface area contributed by atoms with Gasteiger partial charge in [-0.1, -0.05) is 31.1 Å². The van der Waals surface area contributed by atoms with Gasteiger partial charge in [0.1, 0.15) is 5.82 Å². The Morgan fingerprint density at radius 2 is 1.96 bits per heavy atom. The Balaban J connectivity index is 1.76. The van der Waals surface area contributed by atoms with Crippen molar-refractivity contribution in [2.45, 2.75) is 45.6 Å². The lowest BCUT2D eigenvalue weighted by molar-refractivity contribution is 0.194. The van der Waals surface area contributed by atoms with Gasteiger partial charge in [-0.3, -0.25) is 0 Å². The molecule has 1 aromatic heterocycles. The van der Waals surface area contributed by atoms with Gasteiger partial charge < -0.3 is 14.7 Å². The summed E-state index contributed by atoms with van der Waals surface area (Å²) in [4.78, 5) is 18.1. The number of urea groups is 1. The smallest absolute Gasteiger partial charge is 0.317 e. The molecular weight excluding hydrogens is 323 g/mol. The van der Waals surface area contributed by atoms with Crippen molar-refractivity contribution >= 4 is 6.03 Å². The second kappa shape index (κ2) is 8.60. The predicted octanol–water partition coefficient (Wildman–Crippen LogP) is 3.67. The zero-order chi connectivity index (χ0) is 18.4. The molecule has 1 heterocycles. The van der Waals surface area contributed by atoms with Gasteiger partial charge in [0.2, 0.25) is 5.89 Å². The molecule has 0 bridgehead atoms. The highest BCUT2D eigenvalue weighted by atomic mass is 19.1. The van der Waals surface area contributed by atoms with Crippen molar-refractivity contribution in [1.82, 2.24) is 20.4 Å². The zero-order valence-corrected chi connectivity index (χ0v) is 15.1. The van der Waals surface area contributed by atoms with Gasteiger partial charge >= 0.3 is 6.03 Å². The third kappa shape index (κ3) is 5.27. The van der Waals surface area contributed by atoms with E-state index in [1.54, 1.807) is 24.1 Å². The number of carbonyl (C=O) groups is 1. The van der Waals surface area contributed by atoms with Crippen LogP contribution in [0.25, 0.3) is 0 Å². The van der Waals surface area contributed by atoms with E-state index in [1.165, 1.54) is 12.1 Å². The largest absolute Gasteiger partial charge is 0.339 e. The molecule has 0 fully saturated rings. The Morgan fingerprint density at radius 1 is 1.28 bits per heavy atom. The summed E-state index contributed by atoms with van der Waals surface area (Å²) < 4.78 is 18.2. The summed E-state index contributed by atoms with van der Waals surface area (Å²) in [6.07, 6.45) is 1.33. The Morgan fingerprint density at radius 3 is 2.56 bits per heavy atom. The molecule has 1 N–H and O–H groups in total. The van der Waals surface area contributed by atoms with E-state index >= 15 is 0 Å². The fourth-order valence-corrected chi connectivity index (χ4v) is 2.30. The summed E-state index contributed by atoms with van der Waals surface area (Å²) in [6, 6.07) is 5.84. The molecule has 1 unspecified atom stereocenters. The number of carbonyl (C=O) groups excluding carboxylic acids is 1. The maximum Gasteiger partial charge on any atom is 0.317 e. The van der Waals surface area contributed by atoms with Crippen molar-refractivity contribution in [2.24, 2.45) is 0 Å². The molecular formula is C18H25FN4O2. The van der Waals surface area contributed by atoms with Crippen LogP contribution in [0.4, 0.5) is 9.18 Å². The summed E-state index contributed by atoms with van der Waals surface area (Å²) in [5, 5.41) is 6.78. The number of rotatable bonds is 7. The molecule has 2 amide bonds. The van der Waals surface area contributed by atoms with Crippen LogP contribution in [0, 0.1) is 5.82 Å². The average Bonchev–Trinajstić information content (AvgIpc) is 3.07. The van der Waals surface area contributed by atoms with Crippen molar-refractivity contribution < 1.29 is 13.7 Å². The topological polar surface area (TPSA) is 71.3 Å². The molecule has 2 aromatic rings. The lowest BCUT2D eigenvalue weighted by Crippen LogP contribution is -2.39. The Kier molecular flexibility index (Phi) is 6.50. The maximum atomic E-state index is 13.0. The van der Waals surface area contributed by atoms with E-state index in [9.17, 15) is 9.18 Å². The SMILES string of the molecule is CC(C)c1noc(CCCNC(=O)N(C)C(C)c2ccc(F)cc2)n1. The molecule has 1 atom stereocenters. The molecule has 0 saturated heterocycles. The van der Waals surface area contributed by atoms with Crippen molar-refractivity contribution in [1.29, 1.82) is 0 Å². The van der Waals surface area contributed by atoms with Crippen LogP contribution in [0.15, 0.2) is 28.8 Å². The molecule has 2 rings (SSSR count). The van der Waals surface area contributed by atoms with E-state index in [1.807, 2.05) is 20.8 Å². The second-order valence-electron chi connectivity index (χ2n) is 6.37. The number of amides is 2. The van der Waals surface area contributed by atoms with E-state index in [-0.39, 0.29) is 23.8 Å². The highest BCUT2D eigenvalue weighted by molar-refractivity contribution is 5.74. The molecule has 0 saturated carbocycles. The first kappa shape index (κ1) is 18.9. The number of aryl methyl sites for hydroxylation is 1. The van der Waals surface area contributed by atoms with Gasteiger partial charge in [0, 0.05) is 25.9 Å². The van der Waals surface area contributed by atoms with Crippen molar-refractivity contribution in [3.8, 4) is 0 Å². The molecule has 0 aliphatic heterocycles. The molecule has 7 heteroatoms. The van der Waals surface area contributed by atoms with Crippen LogP contribution >= 0.6 is 0 Å². The number of nitrogens with one attached hydrogen (secondary N) is 1. The lowest BCUT2D eigenvalue weighted by Gasteiger charge is -2.25. The molecule has 6 nitrogen and oxygen atoms in total. The number of aromatic nitrogens is 2. The third-order valence-corrected chi connectivity index (χ3v) is 4.10.